The second-order valence-electron chi connectivity index (χ2n) is 3.25. The van der Waals surface area contributed by atoms with Crippen molar-refractivity contribution in [2.24, 2.45) is 5.73 Å². The van der Waals surface area contributed by atoms with Crippen LogP contribution in [-0.2, 0) is 6.54 Å². The Kier molecular flexibility index (Phi) is 3.36. The van der Waals surface area contributed by atoms with Crippen LogP contribution in [-0.4, -0.2) is 14.2 Å². The van der Waals surface area contributed by atoms with Crippen LogP contribution < -0.4 is 15.2 Å². The fourth-order valence-corrected chi connectivity index (χ4v) is 1.78. The Morgan fingerprint density at radius 2 is 1.71 bits per heavy atom. The first-order valence-electron chi connectivity index (χ1n) is 4.56. The van der Waals surface area contributed by atoms with Gasteiger partial charge in [-0.05, 0) is 25.5 Å². The number of nitrogens with two attached hydrogens (primary N) is 1. The molecule has 0 aliphatic rings. The zero-order valence-corrected chi connectivity index (χ0v) is 9.18. The van der Waals surface area contributed by atoms with Gasteiger partial charge in [0.05, 0.1) is 14.2 Å². The van der Waals surface area contributed by atoms with E-state index in [-0.39, 0.29) is 0 Å². The van der Waals surface area contributed by atoms with Crippen LogP contribution in [0.15, 0.2) is 6.07 Å². The van der Waals surface area contributed by atoms with Gasteiger partial charge in [-0.25, -0.2) is 0 Å². The molecular formula is C11H17NO2. The maximum atomic E-state index is 5.63. The average Bonchev–Trinajstić information content (AvgIpc) is 2.17. The zero-order chi connectivity index (χ0) is 10.7. The number of hydrogen-bond donors (Lipinski definition) is 1. The largest absolute Gasteiger partial charge is 0.496 e. The highest BCUT2D eigenvalue weighted by Gasteiger charge is 2.12. The monoisotopic (exact) mass is 195 g/mol. The fourth-order valence-electron chi connectivity index (χ4n) is 1.78. The minimum atomic E-state index is 0.481. The van der Waals surface area contributed by atoms with Crippen LogP contribution in [0.1, 0.15) is 16.7 Å². The normalized spacial score (nSPS) is 10.1. The first kappa shape index (κ1) is 10.9. The minimum absolute atomic E-state index is 0.481. The van der Waals surface area contributed by atoms with Crippen molar-refractivity contribution in [2.45, 2.75) is 20.4 Å². The Bertz CT molecular complexity index is 335. The van der Waals surface area contributed by atoms with E-state index in [4.69, 9.17) is 15.2 Å². The van der Waals surface area contributed by atoms with Gasteiger partial charge < -0.3 is 15.2 Å². The van der Waals surface area contributed by atoms with Gasteiger partial charge in [-0.1, -0.05) is 0 Å². The molecule has 2 N–H and O–H groups in total. The Labute approximate surface area is 84.8 Å². The summed E-state index contributed by atoms with van der Waals surface area (Å²) in [5.74, 6) is 1.70. The summed E-state index contributed by atoms with van der Waals surface area (Å²) >= 11 is 0. The van der Waals surface area contributed by atoms with Crippen molar-refractivity contribution in [2.75, 3.05) is 14.2 Å². The number of aryl methyl sites for hydroxylation is 1. The van der Waals surface area contributed by atoms with E-state index in [1.165, 1.54) is 0 Å². The molecule has 0 spiro atoms. The predicted octanol–water partition coefficient (Wildman–Crippen LogP) is 1.78. The van der Waals surface area contributed by atoms with Gasteiger partial charge in [-0.15, -0.1) is 0 Å². The van der Waals surface area contributed by atoms with Crippen LogP contribution in [0.3, 0.4) is 0 Å². The van der Waals surface area contributed by atoms with Gasteiger partial charge in [0.25, 0.3) is 0 Å². The van der Waals surface area contributed by atoms with E-state index in [0.717, 1.165) is 28.2 Å². The maximum Gasteiger partial charge on any atom is 0.129 e. The van der Waals surface area contributed by atoms with Crippen molar-refractivity contribution in [3.05, 3.63) is 22.8 Å². The molecule has 1 aromatic rings. The van der Waals surface area contributed by atoms with Crippen molar-refractivity contribution < 1.29 is 9.47 Å². The van der Waals surface area contributed by atoms with Gasteiger partial charge in [-0.3, -0.25) is 0 Å². The summed E-state index contributed by atoms with van der Waals surface area (Å²) in [6, 6.07) is 2.00. The molecule has 14 heavy (non-hydrogen) atoms. The first-order chi connectivity index (χ1) is 6.65. The van der Waals surface area contributed by atoms with E-state index in [9.17, 15) is 0 Å². The summed E-state index contributed by atoms with van der Waals surface area (Å²) in [5, 5.41) is 0. The predicted molar refractivity (Wildman–Crippen MR) is 56.9 cm³/mol. The third-order valence-electron chi connectivity index (χ3n) is 2.35. The van der Waals surface area contributed by atoms with Gasteiger partial charge in [0.2, 0.25) is 0 Å². The van der Waals surface area contributed by atoms with Crippen LogP contribution in [0.4, 0.5) is 0 Å². The van der Waals surface area contributed by atoms with Gasteiger partial charge >= 0.3 is 0 Å². The molecule has 0 heterocycles. The molecule has 78 valence electrons. The van der Waals surface area contributed by atoms with Gasteiger partial charge in [0, 0.05) is 17.7 Å². The van der Waals surface area contributed by atoms with E-state index >= 15 is 0 Å². The van der Waals surface area contributed by atoms with E-state index in [2.05, 4.69) is 0 Å². The molecule has 0 radical (unpaired) electrons. The van der Waals surface area contributed by atoms with Crippen molar-refractivity contribution in [3.8, 4) is 11.5 Å². The number of methoxy groups -OCH3 is 2. The summed E-state index contributed by atoms with van der Waals surface area (Å²) < 4.78 is 10.6. The minimum Gasteiger partial charge on any atom is -0.496 e. The number of rotatable bonds is 3. The first-order valence-corrected chi connectivity index (χ1v) is 4.56. The highest BCUT2D eigenvalue weighted by Crippen LogP contribution is 2.34. The SMILES string of the molecule is COc1c(C)cc(CN)c(OC)c1C. The lowest BCUT2D eigenvalue weighted by Crippen LogP contribution is -2.04. The van der Waals surface area contributed by atoms with Crippen LogP contribution in [0, 0.1) is 13.8 Å². The average molecular weight is 195 g/mol. The van der Waals surface area contributed by atoms with Crippen LogP contribution in [0.5, 0.6) is 11.5 Å². The Morgan fingerprint density at radius 1 is 1.14 bits per heavy atom. The fraction of sp³-hybridized carbons (Fsp3) is 0.455. The zero-order valence-electron chi connectivity index (χ0n) is 9.18. The summed E-state index contributed by atoms with van der Waals surface area (Å²) in [7, 11) is 3.31. The standard InChI is InChI=1S/C11H17NO2/c1-7-5-9(6-12)11(14-4)8(2)10(7)13-3/h5H,6,12H2,1-4H3. The van der Waals surface area contributed by atoms with E-state index in [1.807, 2.05) is 19.9 Å². The summed E-state index contributed by atoms with van der Waals surface area (Å²) in [6.45, 7) is 4.46. The lowest BCUT2D eigenvalue weighted by molar-refractivity contribution is 0.383. The molecule has 0 saturated heterocycles. The van der Waals surface area contributed by atoms with Crippen molar-refractivity contribution >= 4 is 0 Å². The van der Waals surface area contributed by atoms with Crippen molar-refractivity contribution in [3.63, 3.8) is 0 Å². The molecule has 0 aromatic heterocycles. The molecule has 0 aliphatic heterocycles. The molecule has 0 atom stereocenters. The van der Waals surface area contributed by atoms with E-state index in [1.54, 1.807) is 14.2 Å². The molecule has 0 amide bonds. The van der Waals surface area contributed by atoms with E-state index in [0.29, 0.717) is 6.54 Å². The van der Waals surface area contributed by atoms with Crippen molar-refractivity contribution in [1.82, 2.24) is 0 Å². The summed E-state index contributed by atoms with van der Waals surface area (Å²) in [5.41, 5.74) is 8.75. The topological polar surface area (TPSA) is 44.5 Å². The molecule has 3 nitrogen and oxygen atoms in total. The molecule has 1 rings (SSSR count). The molecule has 0 saturated carbocycles. The lowest BCUT2D eigenvalue weighted by atomic mass is 10.0. The van der Waals surface area contributed by atoms with Crippen molar-refractivity contribution in [1.29, 1.82) is 0 Å². The second kappa shape index (κ2) is 4.33. The molecule has 0 unspecified atom stereocenters. The number of ether oxygens (including phenoxy) is 2. The Hall–Kier alpha value is -1.22. The molecule has 0 bridgehead atoms. The third-order valence-corrected chi connectivity index (χ3v) is 2.35. The van der Waals surface area contributed by atoms with Crippen LogP contribution in [0.2, 0.25) is 0 Å². The molecule has 0 aliphatic carbocycles. The highest BCUT2D eigenvalue weighted by atomic mass is 16.5. The van der Waals surface area contributed by atoms with Crippen LogP contribution >= 0.6 is 0 Å². The Morgan fingerprint density at radius 3 is 2.14 bits per heavy atom. The second-order valence-corrected chi connectivity index (χ2v) is 3.25. The Balaban J connectivity index is 3.39. The highest BCUT2D eigenvalue weighted by molar-refractivity contribution is 5.53. The third kappa shape index (κ3) is 1.68. The van der Waals surface area contributed by atoms with Gasteiger partial charge in [0.15, 0.2) is 0 Å². The summed E-state index contributed by atoms with van der Waals surface area (Å²) in [6.07, 6.45) is 0. The maximum absolute atomic E-state index is 5.63. The van der Waals surface area contributed by atoms with E-state index < -0.39 is 0 Å². The number of hydrogen-bond acceptors (Lipinski definition) is 3. The quantitative estimate of drug-likeness (QED) is 0.799. The van der Waals surface area contributed by atoms with Gasteiger partial charge in [0.1, 0.15) is 11.5 Å². The van der Waals surface area contributed by atoms with Crippen LogP contribution in [0.25, 0.3) is 0 Å². The molecular weight excluding hydrogens is 178 g/mol. The molecule has 0 fully saturated rings. The smallest absolute Gasteiger partial charge is 0.129 e. The van der Waals surface area contributed by atoms with Gasteiger partial charge in [-0.2, -0.15) is 0 Å². The summed E-state index contributed by atoms with van der Waals surface area (Å²) in [4.78, 5) is 0. The number of benzene rings is 1. The lowest BCUT2D eigenvalue weighted by Gasteiger charge is -2.15. The molecule has 1 aromatic carbocycles. The molecule has 3 heteroatoms.